The first-order valence-corrected chi connectivity index (χ1v) is 12.0. The lowest BCUT2D eigenvalue weighted by molar-refractivity contribution is 0.0743. The third kappa shape index (κ3) is 4.48. The van der Waals surface area contributed by atoms with Crippen LogP contribution in [-0.4, -0.2) is 49.6 Å². The molecule has 1 amide bonds. The molecule has 1 aliphatic heterocycles. The molecule has 0 saturated carbocycles. The van der Waals surface area contributed by atoms with Crippen molar-refractivity contribution < 1.29 is 22.5 Å². The van der Waals surface area contributed by atoms with E-state index in [0.717, 1.165) is 18.4 Å². The van der Waals surface area contributed by atoms with Crippen molar-refractivity contribution in [2.24, 2.45) is 0 Å². The molecule has 0 unspecified atom stereocenters. The van der Waals surface area contributed by atoms with Gasteiger partial charge in [-0.1, -0.05) is 23.4 Å². The number of methoxy groups -OCH3 is 1. The van der Waals surface area contributed by atoms with Crippen molar-refractivity contribution in [3.8, 4) is 16.5 Å². The van der Waals surface area contributed by atoms with Gasteiger partial charge in [0.05, 0.1) is 16.9 Å². The zero-order valence-corrected chi connectivity index (χ0v) is 18.8. The molecule has 1 fully saturated rings. The molecule has 0 radical (unpaired) electrons. The van der Waals surface area contributed by atoms with E-state index >= 15 is 0 Å². The number of thiophene rings is 1. The van der Waals surface area contributed by atoms with Gasteiger partial charge >= 0.3 is 11.8 Å². The lowest BCUT2D eigenvalue weighted by Crippen LogP contribution is -2.27. The van der Waals surface area contributed by atoms with E-state index in [4.69, 9.17) is 9.26 Å². The molecular weight excluding hydrogens is 440 g/mol. The van der Waals surface area contributed by atoms with Crippen molar-refractivity contribution in [3.05, 3.63) is 46.7 Å². The first kappa shape index (κ1) is 21.5. The zero-order valence-electron chi connectivity index (χ0n) is 17.1. The van der Waals surface area contributed by atoms with Gasteiger partial charge in [-0.3, -0.25) is 4.79 Å². The highest BCUT2D eigenvalue weighted by Gasteiger charge is 2.27. The number of amides is 1. The Morgan fingerprint density at radius 2 is 2.03 bits per heavy atom. The first-order valence-electron chi connectivity index (χ1n) is 9.74. The maximum atomic E-state index is 12.9. The fraction of sp³-hybridized carbons (Fsp3) is 0.350. The van der Waals surface area contributed by atoms with Gasteiger partial charge in [0.2, 0.25) is 15.8 Å². The number of para-hydroxylation sites is 1. The average Bonchev–Trinajstić information content (AvgIpc) is 3.52. The molecule has 3 aromatic rings. The van der Waals surface area contributed by atoms with Crippen LogP contribution in [0.1, 0.15) is 34.0 Å². The molecule has 1 aromatic carbocycles. The third-order valence-corrected chi connectivity index (χ3v) is 7.73. The molecule has 1 saturated heterocycles. The van der Waals surface area contributed by atoms with Gasteiger partial charge in [0, 0.05) is 30.1 Å². The zero-order chi connectivity index (χ0) is 22.0. The molecule has 0 spiro atoms. The Hall–Kier alpha value is -2.76. The van der Waals surface area contributed by atoms with Crippen LogP contribution in [-0.2, 0) is 16.6 Å². The summed E-state index contributed by atoms with van der Waals surface area (Å²) in [6.45, 7) is 3.15. The van der Waals surface area contributed by atoms with Gasteiger partial charge < -0.3 is 14.2 Å². The van der Waals surface area contributed by atoms with E-state index < -0.39 is 10.0 Å². The number of likely N-dealkylation sites (tertiary alicyclic amines) is 1. The number of hydrogen-bond donors (Lipinski definition) is 1. The van der Waals surface area contributed by atoms with Crippen LogP contribution < -0.4 is 9.46 Å². The van der Waals surface area contributed by atoms with Crippen LogP contribution in [0.4, 0.5) is 0 Å². The van der Waals surface area contributed by atoms with Gasteiger partial charge in [-0.2, -0.15) is 4.98 Å². The second-order valence-corrected chi connectivity index (χ2v) is 10.1. The van der Waals surface area contributed by atoms with Crippen LogP contribution in [0.2, 0.25) is 0 Å². The molecule has 2 aromatic heterocycles. The van der Waals surface area contributed by atoms with Gasteiger partial charge in [-0.15, -0.1) is 11.3 Å². The average molecular weight is 463 g/mol. The summed E-state index contributed by atoms with van der Waals surface area (Å²) in [5.41, 5.74) is 0.727. The molecule has 0 aliphatic carbocycles. The predicted molar refractivity (Wildman–Crippen MR) is 115 cm³/mol. The number of benzene rings is 1. The smallest absolute Gasteiger partial charge is 0.316 e. The minimum atomic E-state index is -3.78. The maximum Gasteiger partial charge on any atom is 0.316 e. The van der Waals surface area contributed by atoms with Gasteiger partial charge in [0.25, 0.3) is 0 Å². The van der Waals surface area contributed by atoms with Gasteiger partial charge in [-0.25, -0.2) is 13.1 Å². The number of nitrogens with one attached hydrogen (secondary N) is 1. The minimum absolute atomic E-state index is 0.0818. The first-order chi connectivity index (χ1) is 14.9. The standard InChI is InChI=1S/C20H22N4O5S2/c1-13-17(31(26,27)21-12-14-7-3-4-8-15(14)28-2)11-16(30-13)18-22-19(29-23-18)20(25)24-9-5-6-10-24/h3-4,7-8,11,21H,5-6,9-10,12H2,1-2H3. The summed E-state index contributed by atoms with van der Waals surface area (Å²) in [6, 6.07) is 8.71. The Labute approximate surface area is 184 Å². The third-order valence-electron chi connectivity index (χ3n) is 5.03. The molecule has 31 heavy (non-hydrogen) atoms. The van der Waals surface area contributed by atoms with Gasteiger partial charge in [0.15, 0.2) is 0 Å². The molecule has 0 atom stereocenters. The summed E-state index contributed by atoms with van der Waals surface area (Å²) in [6.07, 6.45) is 1.92. The summed E-state index contributed by atoms with van der Waals surface area (Å²) in [5, 5.41) is 3.88. The predicted octanol–water partition coefficient (Wildman–Crippen LogP) is 2.83. The molecule has 0 bridgehead atoms. The van der Waals surface area contributed by atoms with E-state index in [-0.39, 0.29) is 29.1 Å². The minimum Gasteiger partial charge on any atom is -0.496 e. The normalized spacial score (nSPS) is 14.2. The lowest BCUT2D eigenvalue weighted by Gasteiger charge is -2.10. The highest BCUT2D eigenvalue weighted by atomic mass is 32.2. The molecule has 9 nitrogen and oxygen atoms in total. The van der Waals surface area contributed by atoms with Crippen LogP contribution in [0.15, 0.2) is 39.8 Å². The SMILES string of the molecule is COc1ccccc1CNS(=O)(=O)c1cc(-c2noc(C(=O)N3CCCC3)n2)sc1C. The summed E-state index contributed by atoms with van der Waals surface area (Å²) in [4.78, 5) is 19.5. The van der Waals surface area contributed by atoms with E-state index in [0.29, 0.717) is 28.6 Å². The molecule has 1 aliphatic rings. The number of sulfonamides is 1. The largest absolute Gasteiger partial charge is 0.496 e. The van der Waals surface area contributed by atoms with Crippen molar-refractivity contribution in [1.82, 2.24) is 19.8 Å². The van der Waals surface area contributed by atoms with Crippen molar-refractivity contribution in [2.45, 2.75) is 31.2 Å². The Bertz CT molecular complexity index is 1200. The van der Waals surface area contributed by atoms with Crippen LogP contribution in [0, 0.1) is 6.92 Å². The highest BCUT2D eigenvalue weighted by molar-refractivity contribution is 7.89. The number of hydrogen-bond acceptors (Lipinski definition) is 8. The molecule has 4 rings (SSSR count). The number of ether oxygens (including phenoxy) is 1. The van der Waals surface area contributed by atoms with Crippen molar-refractivity contribution in [1.29, 1.82) is 0 Å². The second-order valence-electron chi connectivity index (χ2n) is 7.09. The maximum absolute atomic E-state index is 12.9. The molecule has 164 valence electrons. The number of aryl methyl sites for hydroxylation is 1. The topological polar surface area (TPSA) is 115 Å². The molecule has 11 heteroatoms. The lowest BCUT2D eigenvalue weighted by atomic mass is 10.2. The van der Waals surface area contributed by atoms with Crippen LogP contribution in [0.25, 0.3) is 10.7 Å². The van der Waals surface area contributed by atoms with E-state index in [2.05, 4.69) is 14.9 Å². The Kier molecular flexibility index (Phi) is 6.08. The summed E-state index contributed by atoms with van der Waals surface area (Å²) < 4.78 is 38.8. The Balaban J connectivity index is 1.52. The number of carbonyl (C=O) groups excluding carboxylic acids is 1. The summed E-state index contributed by atoms with van der Waals surface area (Å²) in [5.74, 6) is 0.425. The van der Waals surface area contributed by atoms with E-state index in [1.54, 1.807) is 24.0 Å². The highest BCUT2D eigenvalue weighted by Crippen LogP contribution is 2.32. The van der Waals surface area contributed by atoms with Crippen LogP contribution in [0.3, 0.4) is 0 Å². The fourth-order valence-electron chi connectivity index (χ4n) is 3.41. The Morgan fingerprint density at radius 3 is 2.77 bits per heavy atom. The van der Waals surface area contributed by atoms with Crippen molar-refractivity contribution in [2.75, 3.05) is 20.2 Å². The Morgan fingerprint density at radius 1 is 1.29 bits per heavy atom. The quantitative estimate of drug-likeness (QED) is 0.574. The second kappa shape index (κ2) is 8.77. The number of nitrogens with zero attached hydrogens (tertiary/aromatic N) is 3. The summed E-state index contributed by atoms with van der Waals surface area (Å²) in [7, 11) is -2.24. The van der Waals surface area contributed by atoms with E-state index in [1.807, 2.05) is 12.1 Å². The molecular formula is C20H22N4O5S2. The van der Waals surface area contributed by atoms with Gasteiger partial charge in [-0.05, 0) is 31.9 Å². The number of aromatic nitrogens is 2. The fourth-order valence-corrected chi connectivity index (χ4v) is 5.93. The number of carbonyl (C=O) groups is 1. The molecule has 1 N–H and O–H groups in total. The van der Waals surface area contributed by atoms with E-state index in [9.17, 15) is 13.2 Å². The molecule has 3 heterocycles. The van der Waals surface area contributed by atoms with Crippen molar-refractivity contribution in [3.63, 3.8) is 0 Å². The van der Waals surface area contributed by atoms with Crippen LogP contribution >= 0.6 is 11.3 Å². The monoisotopic (exact) mass is 462 g/mol. The summed E-state index contributed by atoms with van der Waals surface area (Å²) >= 11 is 1.23. The van der Waals surface area contributed by atoms with Gasteiger partial charge in [0.1, 0.15) is 5.75 Å². The van der Waals surface area contributed by atoms with E-state index in [1.165, 1.54) is 24.5 Å². The van der Waals surface area contributed by atoms with Crippen molar-refractivity contribution >= 4 is 27.3 Å². The van der Waals surface area contributed by atoms with Crippen LogP contribution in [0.5, 0.6) is 5.75 Å². The number of rotatable bonds is 7.